The second-order valence-electron chi connectivity index (χ2n) is 8.85. The molecule has 162 valence electrons. The lowest BCUT2D eigenvalue weighted by Gasteiger charge is -2.23. The van der Waals surface area contributed by atoms with Gasteiger partial charge in [-0.25, -0.2) is 4.79 Å². The van der Waals surface area contributed by atoms with Gasteiger partial charge in [-0.3, -0.25) is 4.79 Å². The van der Waals surface area contributed by atoms with Gasteiger partial charge < -0.3 is 19.9 Å². The first kappa shape index (κ1) is 23.3. The SMILES string of the molecule is COc1ccc(C(C)(C)C)cc1C(=O)NC(C)c1ccc(OC(C)(C)C(=O)O)cc1. The smallest absolute Gasteiger partial charge is 0.347 e. The molecule has 6 nitrogen and oxygen atoms in total. The Morgan fingerprint density at radius 1 is 1.00 bits per heavy atom. The predicted molar refractivity (Wildman–Crippen MR) is 116 cm³/mol. The van der Waals surface area contributed by atoms with Gasteiger partial charge in [-0.2, -0.15) is 0 Å². The summed E-state index contributed by atoms with van der Waals surface area (Å²) < 4.78 is 10.9. The second kappa shape index (κ2) is 8.78. The number of methoxy groups -OCH3 is 1. The summed E-state index contributed by atoms with van der Waals surface area (Å²) in [5, 5.41) is 12.2. The molecule has 2 aromatic carbocycles. The van der Waals surface area contributed by atoms with Crippen LogP contribution in [0, 0.1) is 0 Å². The van der Waals surface area contributed by atoms with Gasteiger partial charge in [0.05, 0.1) is 18.7 Å². The van der Waals surface area contributed by atoms with Crippen molar-refractivity contribution in [3.05, 3.63) is 59.2 Å². The quantitative estimate of drug-likeness (QED) is 0.686. The molecule has 0 radical (unpaired) electrons. The van der Waals surface area contributed by atoms with Gasteiger partial charge in [0.1, 0.15) is 11.5 Å². The Balaban J connectivity index is 2.17. The van der Waals surface area contributed by atoms with Crippen molar-refractivity contribution >= 4 is 11.9 Å². The fourth-order valence-corrected chi connectivity index (χ4v) is 2.87. The summed E-state index contributed by atoms with van der Waals surface area (Å²) in [6.45, 7) is 11.1. The van der Waals surface area contributed by atoms with E-state index in [-0.39, 0.29) is 17.4 Å². The van der Waals surface area contributed by atoms with E-state index in [1.54, 1.807) is 31.4 Å². The average molecular weight is 414 g/mol. The lowest BCUT2D eigenvalue weighted by Crippen LogP contribution is -2.37. The van der Waals surface area contributed by atoms with Crippen molar-refractivity contribution in [2.75, 3.05) is 7.11 Å². The minimum Gasteiger partial charge on any atom is -0.496 e. The summed E-state index contributed by atoms with van der Waals surface area (Å²) in [7, 11) is 1.55. The van der Waals surface area contributed by atoms with E-state index in [9.17, 15) is 14.7 Å². The molecule has 0 aliphatic rings. The number of hydrogen-bond donors (Lipinski definition) is 2. The van der Waals surface area contributed by atoms with Crippen LogP contribution in [0.5, 0.6) is 11.5 Å². The van der Waals surface area contributed by atoms with E-state index in [0.29, 0.717) is 17.1 Å². The first-order valence-electron chi connectivity index (χ1n) is 9.87. The van der Waals surface area contributed by atoms with Gasteiger partial charge in [-0.05, 0) is 61.6 Å². The summed E-state index contributed by atoms with van der Waals surface area (Å²) in [5.41, 5.74) is 0.987. The molecule has 0 saturated carbocycles. The summed E-state index contributed by atoms with van der Waals surface area (Å²) in [4.78, 5) is 24.1. The number of nitrogens with one attached hydrogen (secondary N) is 1. The van der Waals surface area contributed by atoms with Crippen LogP contribution in [0.2, 0.25) is 0 Å². The molecular formula is C24H31NO5. The summed E-state index contributed by atoms with van der Waals surface area (Å²) in [6, 6.07) is 12.4. The number of carbonyl (C=O) groups is 2. The van der Waals surface area contributed by atoms with Gasteiger partial charge in [0.25, 0.3) is 5.91 Å². The van der Waals surface area contributed by atoms with Crippen molar-refractivity contribution in [3.8, 4) is 11.5 Å². The highest BCUT2D eigenvalue weighted by Crippen LogP contribution is 2.29. The normalized spacial score (nSPS) is 12.8. The van der Waals surface area contributed by atoms with E-state index in [0.717, 1.165) is 11.1 Å². The van der Waals surface area contributed by atoms with E-state index in [1.807, 2.05) is 25.1 Å². The number of carbonyl (C=O) groups excluding carboxylic acids is 1. The van der Waals surface area contributed by atoms with Crippen molar-refractivity contribution < 1.29 is 24.2 Å². The number of carboxylic acid groups (broad SMARTS) is 1. The molecule has 2 rings (SSSR count). The highest BCUT2D eigenvalue weighted by atomic mass is 16.5. The zero-order valence-corrected chi connectivity index (χ0v) is 18.7. The average Bonchev–Trinajstić information content (AvgIpc) is 2.66. The largest absolute Gasteiger partial charge is 0.496 e. The van der Waals surface area contributed by atoms with Crippen LogP contribution >= 0.6 is 0 Å². The molecule has 0 aromatic heterocycles. The monoisotopic (exact) mass is 413 g/mol. The van der Waals surface area contributed by atoms with Crippen LogP contribution in [-0.4, -0.2) is 29.7 Å². The highest BCUT2D eigenvalue weighted by Gasteiger charge is 2.29. The highest BCUT2D eigenvalue weighted by molar-refractivity contribution is 5.97. The Kier molecular flexibility index (Phi) is 6.80. The molecule has 0 spiro atoms. The molecule has 2 aromatic rings. The van der Waals surface area contributed by atoms with Crippen LogP contribution < -0.4 is 14.8 Å². The molecule has 0 aliphatic heterocycles. The molecule has 2 N–H and O–H groups in total. The van der Waals surface area contributed by atoms with E-state index < -0.39 is 11.6 Å². The van der Waals surface area contributed by atoms with Crippen molar-refractivity contribution in [2.24, 2.45) is 0 Å². The maximum Gasteiger partial charge on any atom is 0.347 e. The number of carboxylic acids is 1. The fourth-order valence-electron chi connectivity index (χ4n) is 2.87. The molecule has 0 heterocycles. The van der Waals surface area contributed by atoms with Gasteiger partial charge in [0.2, 0.25) is 0 Å². The molecule has 1 unspecified atom stereocenters. The zero-order valence-electron chi connectivity index (χ0n) is 18.7. The van der Waals surface area contributed by atoms with Crippen molar-refractivity contribution in [2.45, 2.75) is 58.6 Å². The third-order valence-electron chi connectivity index (χ3n) is 4.93. The molecule has 0 saturated heterocycles. The summed E-state index contributed by atoms with van der Waals surface area (Å²) in [6.07, 6.45) is 0. The van der Waals surface area contributed by atoms with Gasteiger partial charge in [-0.15, -0.1) is 0 Å². The van der Waals surface area contributed by atoms with Crippen LogP contribution in [0.3, 0.4) is 0 Å². The van der Waals surface area contributed by atoms with Crippen LogP contribution in [0.1, 0.15) is 69.1 Å². The third-order valence-corrected chi connectivity index (χ3v) is 4.93. The molecule has 0 aliphatic carbocycles. The van der Waals surface area contributed by atoms with E-state index in [2.05, 4.69) is 26.1 Å². The number of amides is 1. The maximum atomic E-state index is 12.9. The van der Waals surface area contributed by atoms with Crippen molar-refractivity contribution in [3.63, 3.8) is 0 Å². The molecule has 1 atom stereocenters. The number of benzene rings is 2. The molecule has 30 heavy (non-hydrogen) atoms. The van der Waals surface area contributed by atoms with E-state index in [4.69, 9.17) is 9.47 Å². The van der Waals surface area contributed by atoms with Crippen LogP contribution in [0.25, 0.3) is 0 Å². The molecular weight excluding hydrogens is 382 g/mol. The number of hydrogen-bond acceptors (Lipinski definition) is 4. The Hall–Kier alpha value is -3.02. The van der Waals surface area contributed by atoms with Gasteiger partial charge in [0, 0.05) is 0 Å². The Morgan fingerprint density at radius 2 is 1.60 bits per heavy atom. The molecule has 0 bridgehead atoms. The summed E-state index contributed by atoms with van der Waals surface area (Å²) in [5.74, 6) is -0.298. The third kappa shape index (κ3) is 5.53. The lowest BCUT2D eigenvalue weighted by molar-refractivity contribution is -0.152. The maximum absolute atomic E-state index is 12.9. The van der Waals surface area contributed by atoms with Crippen molar-refractivity contribution in [1.29, 1.82) is 0 Å². The predicted octanol–water partition coefficient (Wildman–Crippen LogP) is 4.73. The number of rotatable bonds is 7. The topological polar surface area (TPSA) is 84.9 Å². The zero-order chi connectivity index (χ0) is 22.7. The fraction of sp³-hybridized carbons (Fsp3) is 0.417. The number of aliphatic carboxylic acids is 1. The van der Waals surface area contributed by atoms with E-state index in [1.165, 1.54) is 13.8 Å². The minimum atomic E-state index is -1.32. The van der Waals surface area contributed by atoms with Crippen LogP contribution in [0.4, 0.5) is 0 Å². The van der Waals surface area contributed by atoms with Crippen LogP contribution in [-0.2, 0) is 10.2 Å². The molecule has 1 amide bonds. The Bertz CT molecular complexity index is 910. The first-order chi connectivity index (χ1) is 13.8. The second-order valence-corrected chi connectivity index (χ2v) is 8.85. The van der Waals surface area contributed by atoms with Crippen LogP contribution in [0.15, 0.2) is 42.5 Å². The molecule has 0 fully saturated rings. The number of ether oxygens (including phenoxy) is 2. The standard InChI is InChI=1S/C24H31NO5/c1-15(16-8-11-18(12-9-16)30-24(5,6)22(27)28)25-21(26)19-14-17(23(2,3)4)10-13-20(19)29-7/h8-15H,1-7H3,(H,25,26)(H,27,28). The van der Waals surface area contributed by atoms with E-state index >= 15 is 0 Å². The van der Waals surface area contributed by atoms with Gasteiger partial charge in [-0.1, -0.05) is 39.0 Å². The first-order valence-corrected chi connectivity index (χ1v) is 9.87. The molecule has 6 heteroatoms. The lowest BCUT2D eigenvalue weighted by atomic mass is 9.86. The van der Waals surface area contributed by atoms with Gasteiger partial charge in [0.15, 0.2) is 5.60 Å². The Morgan fingerprint density at radius 3 is 2.10 bits per heavy atom. The Labute approximate surface area is 178 Å². The summed E-state index contributed by atoms with van der Waals surface area (Å²) >= 11 is 0. The minimum absolute atomic E-state index is 0.0908. The van der Waals surface area contributed by atoms with Crippen molar-refractivity contribution in [1.82, 2.24) is 5.32 Å². The van der Waals surface area contributed by atoms with Gasteiger partial charge >= 0.3 is 5.97 Å².